The fourth-order valence-electron chi connectivity index (χ4n) is 3.45. The van der Waals surface area contributed by atoms with Crippen LogP contribution in [0.3, 0.4) is 0 Å². The molecule has 24 heavy (non-hydrogen) atoms. The predicted octanol–water partition coefficient (Wildman–Crippen LogP) is 3.79. The Bertz CT molecular complexity index is 648. The summed E-state index contributed by atoms with van der Waals surface area (Å²) in [5.74, 6) is -0.120. The van der Waals surface area contributed by atoms with Gasteiger partial charge in [0.15, 0.2) is 0 Å². The number of likely N-dealkylation sites (N-methyl/N-ethyl adjacent to an activating group) is 1. The van der Waals surface area contributed by atoms with Crippen LogP contribution in [0.5, 0.6) is 0 Å². The third kappa shape index (κ3) is 3.33. The molecule has 0 radical (unpaired) electrons. The predicted molar refractivity (Wildman–Crippen MR) is 95.4 cm³/mol. The van der Waals surface area contributed by atoms with Crippen LogP contribution < -0.4 is 0 Å². The van der Waals surface area contributed by atoms with Crippen molar-refractivity contribution in [2.75, 3.05) is 13.7 Å². The normalized spacial score (nSPS) is 21.6. The zero-order valence-corrected chi connectivity index (χ0v) is 15.8. The van der Waals surface area contributed by atoms with Gasteiger partial charge in [-0.05, 0) is 70.9 Å². The first-order chi connectivity index (χ1) is 11.1. The zero-order chi connectivity index (χ0) is 18.2. The molecule has 0 unspecified atom stereocenters. The number of carbonyl (C=O) groups excluding carboxylic acids is 2. The fraction of sp³-hybridized carbons (Fsp3) is 0.600. The Kier molecular flexibility index (Phi) is 5.07. The molecule has 0 spiro atoms. The first kappa shape index (κ1) is 18.5. The average Bonchev–Trinajstić information content (AvgIpc) is 3.27. The van der Waals surface area contributed by atoms with E-state index in [1.807, 2.05) is 20.9 Å². The van der Waals surface area contributed by atoms with Crippen molar-refractivity contribution in [3.63, 3.8) is 0 Å². The summed E-state index contributed by atoms with van der Waals surface area (Å²) in [7, 11) is 1.84. The molecule has 0 saturated heterocycles. The van der Waals surface area contributed by atoms with E-state index in [1.54, 1.807) is 11.8 Å². The first-order valence-corrected chi connectivity index (χ1v) is 8.67. The fourth-order valence-corrected chi connectivity index (χ4v) is 3.45. The number of esters is 1. The van der Waals surface area contributed by atoms with E-state index in [9.17, 15) is 9.59 Å². The van der Waals surface area contributed by atoms with Gasteiger partial charge in [0.25, 0.3) is 5.91 Å². The van der Waals surface area contributed by atoms with Crippen molar-refractivity contribution in [2.45, 2.75) is 59.4 Å². The Labute approximate surface area is 145 Å². The van der Waals surface area contributed by atoms with Crippen LogP contribution >= 0.6 is 0 Å². The monoisotopic (exact) mass is 331 g/mol. The van der Waals surface area contributed by atoms with Crippen LogP contribution in [0.25, 0.3) is 0 Å². The van der Waals surface area contributed by atoms with E-state index >= 15 is 0 Å². The second-order valence-corrected chi connectivity index (χ2v) is 7.57. The summed E-state index contributed by atoms with van der Waals surface area (Å²) in [4.78, 5) is 27.4. The molecule has 2 rings (SSSR count). The van der Waals surface area contributed by atoms with Gasteiger partial charge in [-0.15, -0.1) is 0 Å². The summed E-state index contributed by atoms with van der Waals surface area (Å²) in [5.41, 5.74) is 3.54. The molecule has 1 aliphatic heterocycles. The smallest absolute Gasteiger partial charge is 0.338 e. The molecule has 1 fully saturated rings. The highest BCUT2D eigenvalue weighted by Gasteiger charge is 2.42. The molecule has 4 heteroatoms. The van der Waals surface area contributed by atoms with Crippen LogP contribution in [0.2, 0.25) is 0 Å². The van der Waals surface area contributed by atoms with Gasteiger partial charge in [-0.2, -0.15) is 0 Å². The summed E-state index contributed by atoms with van der Waals surface area (Å²) >= 11 is 0. The average molecular weight is 331 g/mol. The quantitative estimate of drug-likeness (QED) is 0.437. The van der Waals surface area contributed by atoms with Crippen LogP contribution in [0.4, 0.5) is 0 Å². The van der Waals surface area contributed by atoms with E-state index in [4.69, 9.17) is 4.74 Å². The van der Waals surface area contributed by atoms with Crippen molar-refractivity contribution in [1.82, 2.24) is 4.90 Å². The van der Waals surface area contributed by atoms with Crippen molar-refractivity contribution in [2.24, 2.45) is 5.92 Å². The standard InChI is InChI=1S/C20H29NO3/c1-8-24-19(23)15(12(2)3)17(14-9-10-14)16-13(4)11-20(5,6)21(7)18(16)22/h14H,2,8-11H2,1,3-7H3/b17-15+. The molecule has 132 valence electrons. The van der Waals surface area contributed by atoms with E-state index < -0.39 is 0 Å². The molecule has 0 aromatic heterocycles. The Morgan fingerprint density at radius 3 is 2.42 bits per heavy atom. The molecule has 0 aromatic carbocycles. The third-order valence-corrected chi connectivity index (χ3v) is 4.98. The van der Waals surface area contributed by atoms with E-state index in [-0.39, 0.29) is 23.3 Å². The largest absolute Gasteiger partial charge is 0.462 e. The molecule has 0 atom stereocenters. The van der Waals surface area contributed by atoms with Gasteiger partial charge < -0.3 is 9.64 Å². The second kappa shape index (κ2) is 6.58. The number of amides is 1. The Hall–Kier alpha value is -1.84. The number of hydrogen-bond acceptors (Lipinski definition) is 3. The molecular weight excluding hydrogens is 302 g/mol. The Morgan fingerprint density at radius 1 is 1.38 bits per heavy atom. The van der Waals surface area contributed by atoms with Gasteiger partial charge in [0.2, 0.25) is 0 Å². The van der Waals surface area contributed by atoms with E-state index in [1.165, 1.54) is 0 Å². The molecule has 0 aromatic rings. The van der Waals surface area contributed by atoms with Crippen molar-refractivity contribution in [3.05, 3.63) is 34.4 Å². The lowest BCUT2D eigenvalue weighted by Crippen LogP contribution is -2.49. The summed E-state index contributed by atoms with van der Waals surface area (Å²) in [6.45, 7) is 14.0. The van der Waals surface area contributed by atoms with Crippen LogP contribution in [-0.2, 0) is 14.3 Å². The van der Waals surface area contributed by atoms with Crippen molar-refractivity contribution >= 4 is 11.9 Å². The number of rotatable bonds is 5. The van der Waals surface area contributed by atoms with Gasteiger partial charge >= 0.3 is 5.97 Å². The zero-order valence-electron chi connectivity index (χ0n) is 15.8. The van der Waals surface area contributed by atoms with E-state index in [0.29, 0.717) is 23.3 Å². The molecule has 2 aliphatic rings. The summed E-state index contributed by atoms with van der Waals surface area (Å²) in [6, 6.07) is 0. The Balaban J connectivity index is 2.66. The van der Waals surface area contributed by atoms with Crippen molar-refractivity contribution in [1.29, 1.82) is 0 Å². The lowest BCUT2D eigenvalue weighted by Gasteiger charge is -2.42. The molecule has 0 N–H and O–H groups in total. The molecule has 4 nitrogen and oxygen atoms in total. The number of hydrogen-bond donors (Lipinski definition) is 0. The van der Waals surface area contributed by atoms with Crippen molar-refractivity contribution in [3.8, 4) is 0 Å². The molecular formula is C20H29NO3. The van der Waals surface area contributed by atoms with Crippen LogP contribution in [0.1, 0.15) is 53.9 Å². The highest BCUT2D eigenvalue weighted by Crippen LogP contribution is 2.46. The van der Waals surface area contributed by atoms with E-state index in [0.717, 1.165) is 30.4 Å². The molecule has 1 aliphatic carbocycles. The highest BCUT2D eigenvalue weighted by atomic mass is 16.5. The SMILES string of the molecule is C=C(C)/C(C(=O)OCC)=C(\C1=C(C)CC(C)(C)N(C)C1=O)C1CC1. The Morgan fingerprint density at radius 2 is 1.96 bits per heavy atom. The molecule has 1 saturated carbocycles. The minimum Gasteiger partial charge on any atom is -0.462 e. The second-order valence-electron chi connectivity index (χ2n) is 7.57. The maximum Gasteiger partial charge on any atom is 0.338 e. The summed E-state index contributed by atoms with van der Waals surface area (Å²) in [6.07, 6.45) is 2.80. The first-order valence-electron chi connectivity index (χ1n) is 8.67. The molecule has 1 amide bonds. The maximum absolute atomic E-state index is 13.1. The lowest BCUT2D eigenvalue weighted by molar-refractivity contribution is -0.138. The number of nitrogens with zero attached hydrogens (tertiary/aromatic N) is 1. The minimum atomic E-state index is -0.368. The van der Waals surface area contributed by atoms with E-state index in [2.05, 4.69) is 20.4 Å². The van der Waals surface area contributed by atoms with Gasteiger partial charge in [0.1, 0.15) is 0 Å². The van der Waals surface area contributed by atoms with Gasteiger partial charge in [-0.25, -0.2) is 4.79 Å². The third-order valence-electron chi connectivity index (χ3n) is 4.98. The molecule has 0 bridgehead atoms. The van der Waals surface area contributed by atoms with Crippen LogP contribution in [0.15, 0.2) is 34.4 Å². The summed E-state index contributed by atoms with van der Waals surface area (Å²) in [5, 5.41) is 0. The van der Waals surface area contributed by atoms with Crippen LogP contribution in [0, 0.1) is 5.92 Å². The lowest BCUT2D eigenvalue weighted by atomic mass is 9.80. The van der Waals surface area contributed by atoms with Crippen LogP contribution in [-0.4, -0.2) is 36.0 Å². The summed E-state index contributed by atoms with van der Waals surface area (Å²) < 4.78 is 5.25. The number of ether oxygens (including phenoxy) is 1. The van der Waals surface area contributed by atoms with Gasteiger partial charge in [0.05, 0.1) is 12.2 Å². The van der Waals surface area contributed by atoms with Crippen molar-refractivity contribution < 1.29 is 14.3 Å². The number of carbonyl (C=O) groups is 2. The molecule has 1 heterocycles. The minimum absolute atomic E-state index is 0.00583. The topological polar surface area (TPSA) is 46.6 Å². The van der Waals surface area contributed by atoms with Gasteiger partial charge in [-0.3, -0.25) is 4.79 Å². The highest BCUT2D eigenvalue weighted by molar-refractivity contribution is 6.04. The van der Waals surface area contributed by atoms with Gasteiger partial charge in [-0.1, -0.05) is 12.2 Å². The van der Waals surface area contributed by atoms with Gasteiger partial charge in [0, 0.05) is 18.2 Å². The maximum atomic E-state index is 13.1.